The summed E-state index contributed by atoms with van der Waals surface area (Å²) in [7, 11) is 0. The van der Waals surface area contributed by atoms with Gasteiger partial charge >= 0.3 is 5.63 Å². The number of allylic oxidation sites excluding steroid dienone is 1. The van der Waals surface area contributed by atoms with Gasteiger partial charge in [0, 0.05) is 22.9 Å². The molecule has 0 N–H and O–H groups in total. The van der Waals surface area contributed by atoms with Crippen LogP contribution in [0.4, 0.5) is 5.69 Å². The Morgan fingerprint density at radius 2 is 1.97 bits per heavy atom. The van der Waals surface area contributed by atoms with Gasteiger partial charge in [0.25, 0.3) is 5.69 Å². The maximum absolute atomic E-state index is 12.3. The van der Waals surface area contributed by atoms with Crippen LogP contribution in [0.2, 0.25) is 0 Å². The van der Waals surface area contributed by atoms with Crippen LogP contribution in [0.15, 0.2) is 69.2 Å². The second-order valence-corrected chi connectivity index (χ2v) is 6.90. The van der Waals surface area contributed by atoms with Crippen molar-refractivity contribution in [3.63, 3.8) is 0 Å². The molecule has 8 heteroatoms. The molecule has 140 valence electrons. The normalized spacial score (nSPS) is 11.3. The van der Waals surface area contributed by atoms with E-state index in [2.05, 4.69) is 11.1 Å². The standard InChI is InChI=1S/C21H11N3O4S/c22-11-15(9-13-5-7-16(8-6-13)24(26)27)20-23-18(12-29-20)17-10-14-3-1-2-4-19(14)28-21(17)25/h1-10,12H/b15-9-. The number of hydrogen-bond donors (Lipinski definition) is 0. The average Bonchev–Trinajstić information content (AvgIpc) is 3.21. The fourth-order valence-electron chi connectivity index (χ4n) is 2.76. The average molecular weight is 401 g/mol. The number of thiazole rings is 1. The Balaban J connectivity index is 1.70. The lowest BCUT2D eigenvalue weighted by Crippen LogP contribution is -2.02. The van der Waals surface area contributed by atoms with Crippen LogP contribution in [0, 0.1) is 21.4 Å². The van der Waals surface area contributed by atoms with Gasteiger partial charge in [0.1, 0.15) is 16.7 Å². The highest BCUT2D eigenvalue weighted by molar-refractivity contribution is 7.11. The van der Waals surface area contributed by atoms with Crippen LogP contribution < -0.4 is 5.63 Å². The van der Waals surface area contributed by atoms with Crippen LogP contribution in [0.1, 0.15) is 10.6 Å². The number of nitriles is 1. The molecule has 0 aliphatic heterocycles. The highest BCUT2D eigenvalue weighted by atomic mass is 32.1. The number of nitro benzene ring substituents is 1. The van der Waals surface area contributed by atoms with Gasteiger partial charge in [0.2, 0.25) is 0 Å². The summed E-state index contributed by atoms with van der Waals surface area (Å²) in [4.78, 5) is 27.0. The number of hydrogen-bond acceptors (Lipinski definition) is 7. The van der Waals surface area contributed by atoms with Crippen molar-refractivity contribution in [3.05, 3.63) is 91.1 Å². The topological polar surface area (TPSA) is 110 Å². The third kappa shape index (κ3) is 3.67. The molecule has 0 unspecified atom stereocenters. The van der Waals surface area contributed by atoms with Gasteiger partial charge in [-0.1, -0.05) is 18.2 Å². The van der Waals surface area contributed by atoms with E-state index in [9.17, 15) is 20.2 Å². The number of aromatic nitrogens is 1. The molecule has 0 atom stereocenters. The van der Waals surface area contributed by atoms with Gasteiger partial charge in [-0.05, 0) is 35.9 Å². The molecular formula is C21H11N3O4S. The molecule has 0 fully saturated rings. The van der Waals surface area contributed by atoms with Gasteiger partial charge in [-0.25, -0.2) is 9.78 Å². The summed E-state index contributed by atoms with van der Waals surface area (Å²) in [5, 5.41) is 23.2. The van der Waals surface area contributed by atoms with E-state index in [4.69, 9.17) is 4.42 Å². The number of rotatable bonds is 4. The molecule has 2 aromatic heterocycles. The third-order valence-corrected chi connectivity index (χ3v) is 5.06. The SMILES string of the molecule is N#C/C(=C/c1ccc([N+](=O)[O-])cc1)c1nc(-c2cc3ccccc3oc2=O)cs1. The molecule has 7 nitrogen and oxygen atoms in total. The summed E-state index contributed by atoms with van der Waals surface area (Å²) in [6, 6.07) is 16.8. The summed E-state index contributed by atoms with van der Waals surface area (Å²) in [5.41, 5.74) is 1.63. The zero-order valence-electron chi connectivity index (χ0n) is 14.7. The molecular weight excluding hydrogens is 390 g/mol. The monoisotopic (exact) mass is 401 g/mol. The first-order valence-electron chi connectivity index (χ1n) is 8.40. The van der Waals surface area contributed by atoms with Crippen molar-refractivity contribution in [1.82, 2.24) is 4.98 Å². The predicted molar refractivity (Wildman–Crippen MR) is 110 cm³/mol. The Morgan fingerprint density at radius 3 is 2.69 bits per heavy atom. The fourth-order valence-corrected chi connectivity index (χ4v) is 3.55. The first-order valence-corrected chi connectivity index (χ1v) is 9.28. The van der Waals surface area contributed by atoms with Gasteiger partial charge in [0.15, 0.2) is 0 Å². The Bertz CT molecular complexity index is 1360. The van der Waals surface area contributed by atoms with Crippen LogP contribution in [0.25, 0.3) is 33.9 Å². The molecule has 2 heterocycles. The highest BCUT2D eigenvalue weighted by Gasteiger charge is 2.14. The molecule has 0 spiro atoms. The molecule has 0 amide bonds. The van der Waals surface area contributed by atoms with E-state index in [1.165, 1.54) is 23.5 Å². The first kappa shape index (κ1) is 18.3. The zero-order chi connectivity index (χ0) is 20.4. The minimum atomic E-state index is -0.501. The van der Waals surface area contributed by atoms with Crippen molar-refractivity contribution < 1.29 is 9.34 Å². The third-order valence-electron chi connectivity index (χ3n) is 4.19. The molecule has 0 aliphatic carbocycles. The molecule has 0 saturated heterocycles. The van der Waals surface area contributed by atoms with E-state index in [1.54, 1.807) is 41.8 Å². The molecule has 0 saturated carbocycles. The van der Waals surface area contributed by atoms with E-state index in [1.807, 2.05) is 12.1 Å². The fraction of sp³-hybridized carbons (Fsp3) is 0. The quantitative estimate of drug-likeness (QED) is 0.208. The molecule has 0 aliphatic rings. The molecule has 29 heavy (non-hydrogen) atoms. The molecule has 0 bridgehead atoms. The Hall–Kier alpha value is -4.09. The van der Waals surface area contributed by atoms with Crippen molar-refractivity contribution in [2.75, 3.05) is 0 Å². The summed E-state index contributed by atoms with van der Waals surface area (Å²) in [6.07, 6.45) is 1.59. The number of benzene rings is 2. The maximum atomic E-state index is 12.3. The van der Waals surface area contributed by atoms with Gasteiger partial charge < -0.3 is 4.42 Å². The Kier molecular flexibility index (Phi) is 4.73. The molecule has 2 aromatic carbocycles. The Morgan fingerprint density at radius 1 is 1.21 bits per heavy atom. The van der Waals surface area contributed by atoms with Crippen molar-refractivity contribution in [2.45, 2.75) is 0 Å². The molecule has 4 aromatic rings. The predicted octanol–water partition coefficient (Wildman–Crippen LogP) is 4.89. The minimum absolute atomic E-state index is 0.0276. The van der Waals surface area contributed by atoms with E-state index in [0.29, 0.717) is 33.0 Å². The van der Waals surface area contributed by atoms with Gasteiger partial charge in [-0.15, -0.1) is 11.3 Å². The maximum Gasteiger partial charge on any atom is 0.345 e. The van der Waals surface area contributed by atoms with Crippen molar-refractivity contribution in [1.29, 1.82) is 5.26 Å². The van der Waals surface area contributed by atoms with Crippen molar-refractivity contribution >= 4 is 39.6 Å². The lowest BCUT2D eigenvalue weighted by molar-refractivity contribution is -0.384. The van der Waals surface area contributed by atoms with E-state index in [0.717, 1.165) is 5.39 Å². The number of para-hydroxylation sites is 1. The molecule has 4 rings (SSSR count). The van der Waals surface area contributed by atoms with E-state index in [-0.39, 0.29) is 5.69 Å². The number of non-ortho nitro benzene ring substituents is 1. The largest absolute Gasteiger partial charge is 0.422 e. The van der Waals surface area contributed by atoms with Crippen LogP contribution in [-0.4, -0.2) is 9.91 Å². The van der Waals surface area contributed by atoms with Crippen LogP contribution in [-0.2, 0) is 0 Å². The van der Waals surface area contributed by atoms with Crippen molar-refractivity contribution in [2.24, 2.45) is 0 Å². The van der Waals surface area contributed by atoms with Gasteiger partial charge in [-0.2, -0.15) is 5.26 Å². The minimum Gasteiger partial charge on any atom is -0.422 e. The second kappa shape index (κ2) is 7.50. The second-order valence-electron chi connectivity index (χ2n) is 6.04. The van der Waals surface area contributed by atoms with E-state index < -0.39 is 10.5 Å². The Labute approximate surface area is 168 Å². The number of nitrogens with zero attached hydrogens (tertiary/aromatic N) is 3. The summed E-state index contributed by atoms with van der Waals surface area (Å²) in [6.45, 7) is 0. The smallest absolute Gasteiger partial charge is 0.345 e. The number of nitro groups is 1. The van der Waals surface area contributed by atoms with Crippen molar-refractivity contribution in [3.8, 4) is 17.3 Å². The van der Waals surface area contributed by atoms with Gasteiger partial charge in [0.05, 0.1) is 21.8 Å². The zero-order valence-corrected chi connectivity index (χ0v) is 15.6. The van der Waals surface area contributed by atoms with Crippen LogP contribution in [0.3, 0.4) is 0 Å². The molecule has 0 radical (unpaired) electrons. The lowest BCUT2D eigenvalue weighted by Gasteiger charge is -1.99. The highest BCUT2D eigenvalue weighted by Crippen LogP contribution is 2.27. The first-order chi connectivity index (χ1) is 14.0. The van der Waals surface area contributed by atoms with Gasteiger partial charge in [-0.3, -0.25) is 10.1 Å². The van der Waals surface area contributed by atoms with E-state index >= 15 is 0 Å². The summed E-state index contributed by atoms with van der Waals surface area (Å²) >= 11 is 1.23. The number of fused-ring (bicyclic) bond motifs is 1. The lowest BCUT2D eigenvalue weighted by atomic mass is 10.1. The summed E-state index contributed by atoms with van der Waals surface area (Å²) in [5.74, 6) is 0. The van der Waals surface area contributed by atoms with Crippen LogP contribution >= 0.6 is 11.3 Å². The summed E-state index contributed by atoms with van der Waals surface area (Å²) < 4.78 is 5.34. The van der Waals surface area contributed by atoms with Crippen LogP contribution in [0.5, 0.6) is 0 Å².